The molecule has 1 aliphatic heterocycles. The van der Waals surface area contributed by atoms with Gasteiger partial charge < -0.3 is 5.32 Å². The Balaban J connectivity index is 2.17. The maximum Gasteiger partial charge on any atom is 0.243 e. The molecule has 1 aromatic rings. The zero-order valence-corrected chi connectivity index (χ0v) is 14.3. The first kappa shape index (κ1) is 17.2. The third-order valence-corrected chi connectivity index (χ3v) is 5.82. The van der Waals surface area contributed by atoms with Gasteiger partial charge in [0.2, 0.25) is 15.9 Å². The number of piperidine rings is 1. The Morgan fingerprint density at radius 2 is 1.77 bits per heavy atom. The molecule has 0 unspecified atom stereocenters. The van der Waals surface area contributed by atoms with E-state index in [1.54, 1.807) is 16.4 Å². The van der Waals surface area contributed by atoms with E-state index in [1.165, 1.54) is 12.1 Å². The lowest BCUT2D eigenvalue weighted by atomic mass is 9.94. The molecule has 5 nitrogen and oxygen atoms in total. The number of anilines is 1. The van der Waals surface area contributed by atoms with Crippen LogP contribution in [0.3, 0.4) is 0 Å². The number of benzene rings is 1. The number of rotatable bonds is 4. The molecule has 1 amide bonds. The maximum atomic E-state index is 12.7. The minimum absolute atomic E-state index is 0.135. The normalized spacial score (nSPS) is 23.2. The van der Waals surface area contributed by atoms with Crippen LogP contribution in [0.25, 0.3) is 0 Å². The molecule has 1 saturated heterocycles. The van der Waals surface area contributed by atoms with Gasteiger partial charge in [0.25, 0.3) is 0 Å². The molecule has 0 bridgehead atoms. The van der Waals surface area contributed by atoms with Gasteiger partial charge in [-0.1, -0.05) is 13.8 Å². The Morgan fingerprint density at radius 3 is 2.27 bits per heavy atom. The first-order valence-corrected chi connectivity index (χ1v) is 9.26. The average molecular weight is 345 g/mol. The summed E-state index contributed by atoms with van der Waals surface area (Å²) in [5, 5.41) is 2.58. The van der Waals surface area contributed by atoms with Gasteiger partial charge in [-0.25, -0.2) is 8.42 Å². The summed E-state index contributed by atoms with van der Waals surface area (Å²) in [4.78, 5) is 11.5. The molecule has 1 heterocycles. The molecule has 0 saturated carbocycles. The van der Waals surface area contributed by atoms with Crippen LogP contribution in [0.15, 0.2) is 29.2 Å². The van der Waals surface area contributed by atoms with Gasteiger partial charge in [-0.15, -0.1) is 11.6 Å². The van der Waals surface area contributed by atoms with E-state index in [0.717, 1.165) is 6.42 Å². The molecule has 0 radical (unpaired) electrons. The third kappa shape index (κ3) is 4.00. The van der Waals surface area contributed by atoms with Gasteiger partial charge in [-0.05, 0) is 42.5 Å². The number of nitrogens with one attached hydrogen (secondary N) is 1. The minimum Gasteiger partial charge on any atom is -0.325 e. The lowest BCUT2D eigenvalue weighted by molar-refractivity contribution is -0.113. The van der Waals surface area contributed by atoms with E-state index in [2.05, 4.69) is 19.2 Å². The van der Waals surface area contributed by atoms with Crippen molar-refractivity contribution in [3.63, 3.8) is 0 Å². The smallest absolute Gasteiger partial charge is 0.243 e. The van der Waals surface area contributed by atoms with Crippen LogP contribution in [-0.2, 0) is 14.8 Å². The van der Waals surface area contributed by atoms with Crippen molar-refractivity contribution in [2.24, 2.45) is 11.8 Å². The van der Waals surface area contributed by atoms with E-state index in [0.29, 0.717) is 30.6 Å². The van der Waals surface area contributed by atoms with Crippen LogP contribution in [0.2, 0.25) is 0 Å². The van der Waals surface area contributed by atoms with Crippen molar-refractivity contribution < 1.29 is 13.2 Å². The largest absolute Gasteiger partial charge is 0.325 e. The van der Waals surface area contributed by atoms with Gasteiger partial charge in [0.1, 0.15) is 5.88 Å². The van der Waals surface area contributed by atoms with Gasteiger partial charge in [-0.3, -0.25) is 4.79 Å². The third-order valence-electron chi connectivity index (χ3n) is 3.73. The molecular weight excluding hydrogens is 324 g/mol. The quantitative estimate of drug-likeness (QED) is 0.853. The van der Waals surface area contributed by atoms with E-state index >= 15 is 0 Å². The number of carbonyl (C=O) groups is 1. The van der Waals surface area contributed by atoms with Crippen LogP contribution >= 0.6 is 11.6 Å². The first-order valence-electron chi connectivity index (χ1n) is 7.29. The zero-order chi connectivity index (χ0) is 16.3. The van der Waals surface area contributed by atoms with Crippen LogP contribution in [0.1, 0.15) is 20.3 Å². The second-order valence-corrected chi connectivity index (χ2v) is 8.18. The molecule has 2 rings (SSSR count). The summed E-state index contributed by atoms with van der Waals surface area (Å²) in [6.07, 6.45) is 1.05. The highest BCUT2D eigenvalue weighted by Crippen LogP contribution is 2.27. The van der Waals surface area contributed by atoms with E-state index in [4.69, 9.17) is 11.6 Å². The number of amides is 1. The molecular formula is C15H21ClN2O3S. The molecule has 0 aromatic heterocycles. The molecule has 7 heteroatoms. The lowest BCUT2D eigenvalue weighted by Gasteiger charge is -2.34. The van der Waals surface area contributed by atoms with Crippen LogP contribution in [0, 0.1) is 11.8 Å². The van der Waals surface area contributed by atoms with Gasteiger partial charge in [0.05, 0.1) is 4.90 Å². The highest BCUT2D eigenvalue weighted by Gasteiger charge is 2.31. The van der Waals surface area contributed by atoms with Crippen molar-refractivity contribution in [2.75, 3.05) is 24.3 Å². The Labute approximate surface area is 136 Å². The highest BCUT2D eigenvalue weighted by molar-refractivity contribution is 7.89. The van der Waals surface area contributed by atoms with E-state index < -0.39 is 10.0 Å². The second kappa shape index (κ2) is 6.98. The summed E-state index contributed by atoms with van der Waals surface area (Å²) in [6.45, 7) is 5.25. The van der Waals surface area contributed by atoms with Gasteiger partial charge in [0, 0.05) is 18.8 Å². The summed E-state index contributed by atoms with van der Waals surface area (Å²) >= 11 is 5.42. The molecule has 2 atom stereocenters. The molecule has 22 heavy (non-hydrogen) atoms. The number of carbonyl (C=O) groups excluding carboxylic acids is 1. The van der Waals surface area contributed by atoms with Crippen molar-refractivity contribution in [2.45, 2.75) is 25.2 Å². The summed E-state index contributed by atoms with van der Waals surface area (Å²) in [5.41, 5.74) is 0.532. The predicted molar refractivity (Wildman–Crippen MR) is 87.5 cm³/mol. The topological polar surface area (TPSA) is 66.5 Å². The van der Waals surface area contributed by atoms with Crippen molar-refractivity contribution in [1.82, 2.24) is 4.31 Å². The summed E-state index contributed by atoms with van der Waals surface area (Å²) in [7, 11) is -3.48. The first-order chi connectivity index (χ1) is 10.3. The van der Waals surface area contributed by atoms with Crippen molar-refractivity contribution >= 4 is 33.2 Å². The standard InChI is InChI=1S/C15H21ClN2O3S/c1-11-7-12(2)10-18(9-11)22(20,21)14-5-3-13(4-6-14)17-15(19)8-16/h3-6,11-12H,7-10H2,1-2H3,(H,17,19)/t11-,12-/m0/s1. The number of alkyl halides is 1. The average Bonchev–Trinajstić information content (AvgIpc) is 2.46. The Kier molecular flexibility index (Phi) is 5.47. The van der Waals surface area contributed by atoms with Crippen LogP contribution < -0.4 is 5.32 Å². The monoisotopic (exact) mass is 344 g/mol. The minimum atomic E-state index is -3.48. The van der Waals surface area contributed by atoms with Crippen molar-refractivity contribution in [3.05, 3.63) is 24.3 Å². The van der Waals surface area contributed by atoms with Gasteiger partial charge in [-0.2, -0.15) is 4.31 Å². The molecule has 1 aliphatic rings. The molecule has 122 valence electrons. The highest BCUT2D eigenvalue weighted by atomic mass is 35.5. The fraction of sp³-hybridized carbons (Fsp3) is 0.533. The fourth-order valence-electron chi connectivity index (χ4n) is 2.86. The van der Waals surface area contributed by atoms with Crippen molar-refractivity contribution in [1.29, 1.82) is 0 Å². The van der Waals surface area contributed by atoms with E-state index in [1.807, 2.05) is 0 Å². The number of sulfonamides is 1. The Morgan fingerprint density at radius 1 is 1.23 bits per heavy atom. The van der Waals surface area contributed by atoms with E-state index in [9.17, 15) is 13.2 Å². The molecule has 1 fully saturated rings. The summed E-state index contributed by atoms with van der Waals surface area (Å²) in [5.74, 6) is 0.265. The SMILES string of the molecule is C[C@H]1C[C@H](C)CN(S(=O)(=O)c2ccc(NC(=O)CCl)cc2)C1. The van der Waals surface area contributed by atoms with Crippen LogP contribution in [0.4, 0.5) is 5.69 Å². The molecule has 1 N–H and O–H groups in total. The second-order valence-electron chi connectivity index (χ2n) is 5.97. The number of halogens is 1. The van der Waals surface area contributed by atoms with Crippen LogP contribution in [-0.4, -0.2) is 37.6 Å². The fourth-order valence-corrected chi connectivity index (χ4v) is 4.60. The summed E-state index contributed by atoms with van der Waals surface area (Å²) in [6, 6.07) is 6.19. The maximum absolute atomic E-state index is 12.7. The van der Waals surface area contributed by atoms with E-state index in [-0.39, 0.29) is 16.7 Å². The zero-order valence-electron chi connectivity index (χ0n) is 12.8. The van der Waals surface area contributed by atoms with Crippen molar-refractivity contribution in [3.8, 4) is 0 Å². The number of hydrogen-bond donors (Lipinski definition) is 1. The Hall–Kier alpha value is -1.11. The number of nitrogens with zero attached hydrogens (tertiary/aromatic N) is 1. The molecule has 1 aromatic carbocycles. The molecule has 0 aliphatic carbocycles. The lowest BCUT2D eigenvalue weighted by Crippen LogP contribution is -2.42. The van der Waals surface area contributed by atoms with Crippen LogP contribution in [0.5, 0.6) is 0 Å². The van der Waals surface area contributed by atoms with Gasteiger partial charge in [0.15, 0.2) is 0 Å². The molecule has 0 spiro atoms. The van der Waals surface area contributed by atoms with Gasteiger partial charge >= 0.3 is 0 Å². The summed E-state index contributed by atoms with van der Waals surface area (Å²) < 4.78 is 26.9. The number of hydrogen-bond acceptors (Lipinski definition) is 3. The predicted octanol–water partition coefficient (Wildman–Crippen LogP) is 2.53. The Bertz CT molecular complexity index is 621.